The van der Waals surface area contributed by atoms with Crippen LogP contribution in [-0.4, -0.2) is 6.61 Å². The largest absolute Gasteiger partial charge is 0.486 e. The summed E-state index contributed by atoms with van der Waals surface area (Å²) in [6.07, 6.45) is 4.89. The van der Waals surface area contributed by atoms with Gasteiger partial charge in [0.25, 0.3) is 0 Å². The van der Waals surface area contributed by atoms with Crippen molar-refractivity contribution in [2.24, 2.45) is 0 Å². The Balaban J connectivity index is 1.66. The molecule has 29 heavy (non-hydrogen) atoms. The van der Waals surface area contributed by atoms with E-state index >= 15 is 0 Å². The zero-order chi connectivity index (χ0) is 20.5. The van der Waals surface area contributed by atoms with Gasteiger partial charge in [0, 0.05) is 21.6 Å². The third-order valence-electron chi connectivity index (χ3n) is 4.81. The minimum atomic E-state index is -1.26. The van der Waals surface area contributed by atoms with Crippen LogP contribution < -0.4 is 4.74 Å². The van der Waals surface area contributed by atoms with Gasteiger partial charge in [0.1, 0.15) is 6.61 Å². The first-order valence-corrected chi connectivity index (χ1v) is 10.9. The summed E-state index contributed by atoms with van der Waals surface area (Å²) in [5, 5.41) is 0. The molecule has 0 aliphatic heterocycles. The number of ether oxygens (including phenoxy) is 1. The van der Waals surface area contributed by atoms with Crippen molar-refractivity contribution in [3.8, 4) is 27.3 Å². The zero-order valence-electron chi connectivity index (χ0n) is 15.1. The van der Waals surface area contributed by atoms with Gasteiger partial charge in [-0.1, -0.05) is 12.1 Å². The SMILES string of the molecule is Fc1c(OCC2=CCCC2)ccc(-c2ccc(-c3ccc(I)s3)c(F)c2F)c1F. The highest BCUT2D eigenvalue weighted by atomic mass is 127. The Morgan fingerprint density at radius 3 is 2.14 bits per heavy atom. The topological polar surface area (TPSA) is 9.23 Å². The van der Waals surface area contributed by atoms with E-state index in [0.29, 0.717) is 4.88 Å². The molecule has 150 valence electrons. The van der Waals surface area contributed by atoms with E-state index in [4.69, 9.17) is 4.74 Å². The van der Waals surface area contributed by atoms with Gasteiger partial charge in [0.15, 0.2) is 23.2 Å². The molecule has 1 nitrogen and oxygen atoms in total. The molecule has 1 aliphatic carbocycles. The van der Waals surface area contributed by atoms with E-state index in [0.717, 1.165) is 27.7 Å². The molecule has 0 saturated carbocycles. The van der Waals surface area contributed by atoms with Crippen molar-refractivity contribution < 1.29 is 22.3 Å². The fraction of sp³-hybridized carbons (Fsp3) is 0.182. The third kappa shape index (κ3) is 4.07. The number of allylic oxidation sites excluding steroid dienone is 1. The van der Waals surface area contributed by atoms with Crippen LogP contribution in [0.25, 0.3) is 21.6 Å². The van der Waals surface area contributed by atoms with Crippen molar-refractivity contribution in [2.75, 3.05) is 6.61 Å². The Kier molecular flexibility index (Phi) is 5.96. The summed E-state index contributed by atoms with van der Waals surface area (Å²) in [4.78, 5) is 0.564. The molecule has 2 aromatic carbocycles. The molecule has 0 spiro atoms. The van der Waals surface area contributed by atoms with Crippen LogP contribution in [0.3, 0.4) is 0 Å². The summed E-state index contributed by atoms with van der Waals surface area (Å²) in [5.41, 5.74) is 0.447. The van der Waals surface area contributed by atoms with E-state index in [1.165, 1.54) is 35.6 Å². The fourth-order valence-electron chi connectivity index (χ4n) is 3.30. The van der Waals surface area contributed by atoms with Crippen molar-refractivity contribution in [1.29, 1.82) is 0 Å². The van der Waals surface area contributed by atoms with Crippen LogP contribution in [0.15, 0.2) is 48.0 Å². The molecular formula is C22H15F4IOS. The lowest BCUT2D eigenvalue weighted by Gasteiger charge is -2.12. The maximum absolute atomic E-state index is 14.7. The lowest BCUT2D eigenvalue weighted by Crippen LogP contribution is -2.04. The van der Waals surface area contributed by atoms with Gasteiger partial charge in [-0.05, 0) is 77.8 Å². The highest BCUT2D eigenvalue weighted by Crippen LogP contribution is 2.37. The normalized spacial score (nSPS) is 13.6. The molecule has 3 aromatic rings. The number of thiophene rings is 1. The summed E-state index contributed by atoms with van der Waals surface area (Å²) in [6.45, 7) is 0.188. The van der Waals surface area contributed by atoms with Crippen LogP contribution in [-0.2, 0) is 0 Å². The first-order chi connectivity index (χ1) is 14.0. The van der Waals surface area contributed by atoms with Crippen molar-refractivity contribution in [3.63, 3.8) is 0 Å². The number of halogens is 5. The first-order valence-electron chi connectivity index (χ1n) is 8.98. The van der Waals surface area contributed by atoms with Gasteiger partial charge in [-0.3, -0.25) is 0 Å². The number of rotatable bonds is 5. The van der Waals surface area contributed by atoms with Crippen molar-refractivity contribution in [3.05, 3.63) is 74.2 Å². The molecule has 4 rings (SSSR count). The summed E-state index contributed by atoms with van der Waals surface area (Å²) >= 11 is 3.40. The molecule has 0 N–H and O–H groups in total. The van der Waals surface area contributed by atoms with Gasteiger partial charge in [0.2, 0.25) is 5.82 Å². The molecule has 0 unspecified atom stereocenters. The van der Waals surface area contributed by atoms with Crippen molar-refractivity contribution >= 4 is 33.9 Å². The lowest BCUT2D eigenvalue weighted by atomic mass is 10.0. The molecule has 1 aliphatic rings. The standard InChI is InChI=1S/C22H15F4IOS/c23-19-13(5-6-15(21(19)25)17-9-10-18(27)29-17)14-7-8-16(22(26)20(14)24)28-11-12-3-1-2-4-12/h3,5-10H,1-2,4,11H2. The molecule has 0 radical (unpaired) electrons. The van der Waals surface area contributed by atoms with Crippen LogP contribution in [0.5, 0.6) is 5.75 Å². The van der Waals surface area contributed by atoms with E-state index in [2.05, 4.69) is 22.6 Å². The molecular weight excluding hydrogens is 515 g/mol. The van der Waals surface area contributed by atoms with Gasteiger partial charge >= 0.3 is 0 Å². The quantitative estimate of drug-likeness (QED) is 0.186. The number of benzene rings is 2. The van der Waals surface area contributed by atoms with Gasteiger partial charge in [-0.15, -0.1) is 11.3 Å². The number of hydrogen-bond acceptors (Lipinski definition) is 2. The van der Waals surface area contributed by atoms with Gasteiger partial charge < -0.3 is 4.74 Å². The maximum Gasteiger partial charge on any atom is 0.201 e. The average Bonchev–Trinajstić information content (AvgIpc) is 3.37. The van der Waals surface area contributed by atoms with E-state index in [9.17, 15) is 17.6 Å². The van der Waals surface area contributed by atoms with E-state index in [1.54, 1.807) is 12.1 Å². The monoisotopic (exact) mass is 530 g/mol. The summed E-state index contributed by atoms with van der Waals surface area (Å²) < 4.78 is 64.7. The second-order valence-electron chi connectivity index (χ2n) is 6.67. The van der Waals surface area contributed by atoms with E-state index in [-0.39, 0.29) is 29.0 Å². The Morgan fingerprint density at radius 1 is 0.828 bits per heavy atom. The minimum absolute atomic E-state index is 0.0878. The highest BCUT2D eigenvalue weighted by Gasteiger charge is 2.22. The molecule has 0 saturated heterocycles. The van der Waals surface area contributed by atoms with Crippen LogP contribution in [0, 0.1) is 26.2 Å². The molecule has 7 heteroatoms. The van der Waals surface area contributed by atoms with Crippen LogP contribution in [0.4, 0.5) is 17.6 Å². The van der Waals surface area contributed by atoms with E-state index in [1.807, 2.05) is 6.08 Å². The van der Waals surface area contributed by atoms with Crippen LogP contribution in [0.1, 0.15) is 19.3 Å². The molecule has 0 fully saturated rings. The zero-order valence-corrected chi connectivity index (χ0v) is 18.1. The van der Waals surface area contributed by atoms with Gasteiger partial charge in [-0.25, -0.2) is 13.2 Å². The predicted molar refractivity (Wildman–Crippen MR) is 115 cm³/mol. The molecule has 1 heterocycles. The highest BCUT2D eigenvalue weighted by molar-refractivity contribution is 14.1. The minimum Gasteiger partial charge on any atom is -0.486 e. The lowest BCUT2D eigenvalue weighted by molar-refractivity contribution is 0.322. The second kappa shape index (κ2) is 8.47. The Morgan fingerprint density at radius 2 is 1.48 bits per heavy atom. The van der Waals surface area contributed by atoms with Gasteiger partial charge in [0.05, 0.1) is 2.88 Å². The molecule has 1 aromatic heterocycles. The first kappa shape index (κ1) is 20.4. The van der Waals surface area contributed by atoms with E-state index < -0.39 is 23.3 Å². The maximum atomic E-state index is 14.7. The van der Waals surface area contributed by atoms with Crippen LogP contribution in [0.2, 0.25) is 0 Å². The summed E-state index contributed by atoms with van der Waals surface area (Å²) in [6, 6.07) is 8.59. The second-order valence-corrected chi connectivity index (χ2v) is 9.65. The Labute approximate surface area is 183 Å². The average molecular weight is 530 g/mol. The summed E-state index contributed by atoms with van der Waals surface area (Å²) in [7, 11) is 0. The van der Waals surface area contributed by atoms with Gasteiger partial charge in [-0.2, -0.15) is 4.39 Å². The molecule has 0 bridgehead atoms. The Hall–Kier alpha value is -1.87. The molecule has 0 amide bonds. The van der Waals surface area contributed by atoms with Crippen LogP contribution >= 0.6 is 33.9 Å². The third-order valence-corrected chi connectivity index (χ3v) is 6.73. The number of hydrogen-bond donors (Lipinski definition) is 0. The Bertz CT molecular complexity index is 1110. The molecule has 0 atom stereocenters. The summed E-state index contributed by atoms with van der Waals surface area (Å²) in [5.74, 6) is -5.02. The predicted octanol–water partition coefficient (Wildman–Crippen LogP) is 7.73. The van der Waals surface area contributed by atoms with Crippen molar-refractivity contribution in [1.82, 2.24) is 0 Å². The fourth-order valence-corrected chi connectivity index (χ4v) is 4.94. The smallest absolute Gasteiger partial charge is 0.201 e. The van der Waals surface area contributed by atoms with Crippen molar-refractivity contribution in [2.45, 2.75) is 19.3 Å².